The minimum atomic E-state index is 0.785. The molecule has 1 aliphatic carbocycles. The van der Waals surface area contributed by atoms with Crippen molar-refractivity contribution in [3.63, 3.8) is 0 Å². The van der Waals surface area contributed by atoms with Gasteiger partial charge >= 0.3 is 0 Å². The molecule has 4 heteroatoms. The number of nitrogens with one attached hydrogen (secondary N) is 2. The van der Waals surface area contributed by atoms with E-state index in [1.807, 2.05) is 0 Å². The largest absolute Gasteiger partial charge is 0.350 e. The summed E-state index contributed by atoms with van der Waals surface area (Å²) in [6.45, 7) is 1.85. The third-order valence-electron chi connectivity index (χ3n) is 2.73. The molecule has 0 spiro atoms. The van der Waals surface area contributed by atoms with Crippen LogP contribution < -0.4 is 10.6 Å². The third kappa shape index (κ3) is 1.69. The van der Waals surface area contributed by atoms with Crippen molar-refractivity contribution in [2.45, 2.75) is 31.7 Å². The van der Waals surface area contributed by atoms with Crippen molar-refractivity contribution in [3.05, 3.63) is 0 Å². The Morgan fingerprint density at radius 3 is 2.33 bits per heavy atom. The quantitative estimate of drug-likeness (QED) is 0.586. The average Bonchev–Trinajstić information content (AvgIpc) is 2.58. The van der Waals surface area contributed by atoms with Gasteiger partial charge in [-0.3, -0.25) is 4.90 Å². The van der Waals surface area contributed by atoms with Crippen molar-refractivity contribution in [3.8, 4) is 0 Å². The highest BCUT2D eigenvalue weighted by Gasteiger charge is 2.24. The van der Waals surface area contributed by atoms with Crippen LogP contribution in [0.15, 0.2) is 0 Å². The molecule has 68 valence electrons. The minimum absolute atomic E-state index is 0.785. The molecule has 0 amide bonds. The Hall–Kier alpha value is -0.350. The van der Waals surface area contributed by atoms with Crippen LogP contribution in [-0.4, -0.2) is 29.4 Å². The fourth-order valence-corrected chi connectivity index (χ4v) is 2.12. The second-order valence-electron chi connectivity index (χ2n) is 3.53. The summed E-state index contributed by atoms with van der Waals surface area (Å²) in [6, 6.07) is 0.785. The van der Waals surface area contributed by atoms with Crippen molar-refractivity contribution in [2.24, 2.45) is 0 Å². The van der Waals surface area contributed by atoms with Crippen LogP contribution in [0.1, 0.15) is 25.7 Å². The SMILES string of the molecule is S=C1NCN(C2CCCC2)CN1. The zero-order chi connectivity index (χ0) is 8.39. The van der Waals surface area contributed by atoms with Crippen LogP contribution in [0.3, 0.4) is 0 Å². The summed E-state index contributed by atoms with van der Waals surface area (Å²) in [6.07, 6.45) is 5.50. The molecule has 12 heavy (non-hydrogen) atoms. The molecule has 2 N–H and O–H groups in total. The molecular formula is C8H15N3S. The Balaban J connectivity index is 1.84. The molecule has 2 aliphatic rings. The summed E-state index contributed by atoms with van der Waals surface area (Å²) in [5.74, 6) is 0. The van der Waals surface area contributed by atoms with Gasteiger partial charge in [0.15, 0.2) is 5.11 Å². The van der Waals surface area contributed by atoms with Gasteiger partial charge in [0.1, 0.15) is 0 Å². The lowest BCUT2D eigenvalue weighted by Crippen LogP contribution is -2.56. The topological polar surface area (TPSA) is 27.3 Å². The summed E-state index contributed by atoms with van der Waals surface area (Å²) < 4.78 is 0. The Morgan fingerprint density at radius 2 is 1.75 bits per heavy atom. The van der Waals surface area contributed by atoms with E-state index in [-0.39, 0.29) is 0 Å². The Morgan fingerprint density at radius 1 is 1.17 bits per heavy atom. The lowest BCUT2D eigenvalue weighted by atomic mass is 10.2. The van der Waals surface area contributed by atoms with Crippen LogP contribution in [0.2, 0.25) is 0 Å². The van der Waals surface area contributed by atoms with E-state index in [0.29, 0.717) is 0 Å². The Bertz CT molecular complexity index is 167. The zero-order valence-electron chi connectivity index (χ0n) is 7.18. The van der Waals surface area contributed by atoms with Crippen molar-refractivity contribution in [1.29, 1.82) is 0 Å². The summed E-state index contributed by atoms with van der Waals surface area (Å²) in [5.41, 5.74) is 0. The van der Waals surface area contributed by atoms with E-state index in [2.05, 4.69) is 15.5 Å². The van der Waals surface area contributed by atoms with Gasteiger partial charge in [-0.2, -0.15) is 0 Å². The highest BCUT2D eigenvalue weighted by atomic mass is 32.1. The zero-order valence-corrected chi connectivity index (χ0v) is 7.99. The highest BCUT2D eigenvalue weighted by Crippen LogP contribution is 2.22. The first-order valence-corrected chi connectivity index (χ1v) is 5.03. The van der Waals surface area contributed by atoms with E-state index in [9.17, 15) is 0 Å². The monoisotopic (exact) mass is 185 g/mol. The molecule has 0 aromatic carbocycles. The van der Waals surface area contributed by atoms with E-state index in [4.69, 9.17) is 12.2 Å². The average molecular weight is 185 g/mol. The van der Waals surface area contributed by atoms with E-state index in [1.54, 1.807) is 0 Å². The van der Waals surface area contributed by atoms with Gasteiger partial charge in [0.25, 0.3) is 0 Å². The van der Waals surface area contributed by atoms with Crippen molar-refractivity contribution in [1.82, 2.24) is 15.5 Å². The van der Waals surface area contributed by atoms with Gasteiger partial charge in [0.05, 0.1) is 13.3 Å². The number of hydrogen-bond acceptors (Lipinski definition) is 2. The lowest BCUT2D eigenvalue weighted by Gasteiger charge is -2.33. The van der Waals surface area contributed by atoms with Crippen molar-refractivity contribution < 1.29 is 0 Å². The van der Waals surface area contributed by atoms with Gasteiger partial charge in [-0.25, -0.2) is 0 Å². The molecule has 2 fully saturated rings. The maximum atomic E-state index is 4.98. The van der Waals surface area contributed by atoms with Crippen LogP contribution in [0, 0.1) is 0 Å². The van der Waals surface area contributed by atoms with Crippen LogP contribution in [0.5, 0.6) is 0 Å². The van der Waals surface area contributed by atoms with E-state index in [0.717, 1.165) is 24.5 Å². The second-order valence-corrected chi connectivity index (χ2v) is 3.93. The van der Waals surface area contributed by atoms with Crippen molar-refractivity contribution in [2.75, 3.05) is 13.3 Å². The summed E-state index contributed by atoms with van der Waals surface area (Å²) in [7, 11) is 0. The summed E-state index contributed by atoms with van der Waals surface area (Å²) in [5, 5.41) is 7.11. The maximum absolute atomic E-state index is 4.98. The van der Waals surface area contributed by atoms with Gasteiger partial charge in [-0.1, -0.05) is 12.8 Å². The van der Waals surface area contributed by atoms with E-state index in [1.165, 1.54) is 25.7 Å². The molecule has 0 bridgehead atoms. The van der Waals surface area contributed by atoms with Crippen LogP contribution in [0.25, 0.3) is 0 Å². The van der Waals surface area contributed by atoms with Gasteiger partial charge in [-0.15, -0.1) is 0 Å². The molecule has 0 aromatic heterocycles. The smallest absolute Gasteiger partial charge is 0.168 e. The second kappa shape index (κ2) is 3.58. The van der Waals surface area contributed by atoms with Crippen molar-refractivity contribution >= 4 is 17.3 Å². The third-order valence-corrected chi connectivity index (χ3v) is 3.02. The van der Waals surface area contributed by atoms with Crippen LogP contribution in [-0.2, 0) is 0 Å². The molecule has 1 saturated heterocycles. The Labute approximate surface area is 78.5 Å². The first-order chi connectivity index (χ1) is 5.86. The predicted octanol–water partition coefficient (Wildman–Crippen LogP) is 0.624. The van der Waals surface area contributed by atoms with E-state index < -0.39 is 0 Å². The molecule has 1 aliphatic heterocycles. The first-order valence-electron chi connectivity index (χ1n) is 4.62. The molecule has 0 radical (unpaired) electrons. The molecule has 1 saturated carbocycles. The first kappa shape index (κ1) is 8.26. The Kier molecular flexibility index (Phi) is 2.46. The fraction of sp³-hybridized carbons (Fsp3) is 0.875. The molecule has 0 atom stereocenters. The molecule has 0 aromatic rings. The summed E-state index contributed by atoms with van der Waals surface area (Å²) >= 11 is 4.98. The number of thiocarbonyl (C=S) groups is 1. The van der Waals surface area contributed by atoms with Crippen LogP contribution >= 0.6 is 12.2 Å². The number of nitrogens with zero attached hydrogens (tertiary/aromatic N) is 1. The predicted molar refractivity (Wildman–Crippen MR) is 52.7 cm³/mol. The number of hydrogen-bond donors (Lipinski definition) is 2. The molecular weight excluding hydrogens is 170 g/mol. The standard InChI is InChI=1S/C8H15N3S/c12-8-9-5-11(6-10-8)7-3-1-2-4-7/h7H,1-6H2,(H2,9,10,12). The van der Waals surface area contributed by atoms with Gasteiger partial charge < -0.3 is 10.6 Å². The fourth-order valence-electron chi connectivity index (χ4n) is 1.99. The molecule has 0 unspecified atom stereocenters. The summed E-state index contributed by atoms with van der Waals surface area (Å²) in [4.78, 5) is 2.43. The lowest BCUT2D eigenvalue weighted by molar-refractivity contribution is 0.175. The maximum Gasteiger partial charge on any atom is 0.168 e. The van der Waals surface area contributed by atoms with Gasteiger partial charge in [0.2, 0.25) is 0 Å². The normalized spacial score (nSPS) is 26.8. The van der Waals surface area contributed by atoms with Gasteiger partial charge in [0, 0.05) is 6.04 Å². The molecule has 3 nitrogen and oxygen atoms in total. The minimum Gasteiger partial charge on any atom is -0.350 e. The number of rotatable bonds is 1. The molecule has 1 heterocycles. The molecule has 2 rings (SSSR count). The highest BCUT2D eigenvalue weighted by molar-refractivity contribution is 7.80. The van der Waals surface area contributed by atoms with E-state index >= 15 is 0 Å². The van der Waals surface area contributed by atoms with Crippen LogP contribution in [0.4, 0.5) is 0 Å². The van der Waals surface area contributed by atoms with Gasteiger partial charge in [-0.05, 0) is 25.1 Å².